The molecule has 0 spiro atoms. The normalized spacial score (nSPS) is 14.4. The second-order valence-electron chi connectivity index (χ2n) is 5.20. The Morgan fingerprint density at radius 1 is 1.38 bits per heavy atom. The maximum absolute atomic E-state index is 12.0. The molecule has 6 heteroatoms. The summed E-state index contributed by atoms with van der Waals surface area (Å²) in [4.78, 5) is 14.6. The van der Waals surface area contributed by atoms with Crippen LogP contribution < -0.4 is 0 Å². The van der Waals surface area contributed by atoms with E-state index in [4.69, 9.17) is 4.74 Å². The molecule has 1 fully saturated rings. The first kappa shape index (κ1) is 14.3. The summed E-state index contributed by atoms with van der Waals surface area (Å²) >= 11 is 1.79. The van der Waals surface area contributed by atoms with Gasteiger partial charge in [0.2, 0.25) is 0 Å². The van der Waals surface area contributed by atoms with Crippen molar-refractivity contribution in [3.8, 4) is 0 Å². The van der Waals surface area contributed by atoms with Gasteiger partial charge in [0.05, 0.1) is 18.8 Å². The van der Waals surface area contributed by atoms with Gasteiger partial charge in [-0.2, -0.15) is 0 Å². The van der Waals surface area contributed by atoms with Gasteiger partial charge in [-0.3, -0.25) is 0 Å². The number of rotatable bonds is 6. The van der Waals surface area contributed by atoms with Crippen LogP contribution in [0, 0.1) is 0 Å². The maximum Gasteiger partial charge on any atom is 0.360 e. The lowest BCUT2D eigenvalue weighted by atomic mass is 10.2. The summed E-state index contributed by atoms with van der Waals surface area (Å²) < 4.78 is 6.95. The number of aryl methyl sites for hydroxylation is 1. The molecule has 0 aliphatic heterocycles. The zero-order valence-corrected chi connectivity index (χ0v) is 13.2. The van der Waals surface area contributed by atoms with Crippen molar-refractivity contribution in [2.45, 2.75) is 45.6 Å². The Balaban J connectivity index is 1.86. The molecule has 2 aromatic heterocycles. The predicted octanol–water partition coefficient (Wildman–Crippen LogP) is 3.00. The van der Waals surface area contributed by atoms with Crippen molar-refractivity contribution in [3.05, 3.63) is 33.3 Å². The zero-order chi connectivity index (χ0) is 14.8. The molecule has 5 nitrogen and oxygen atoms in total. The van der Waals surface area contributed by atoms with Gasteiger partial charge < -0.3 is 4.74 Å². The van der Waals surface area contributed by atoms with E-state index < -0.39 is 0 Å². The highest BCUT2D eigenvalue weighted by Crippen LogP contribution is 2.41. The molecule has 1 saturated carbocycles. The van der Waals surface area contributed by atoms with Gasteiger partial charge in [0.25, 0.3) is 0 Å². The number of esters is 1. The zero-order valence-electron chi connectivity index (χ0n) is 12.3. The van der Waals surface area contributed by atoms with Crippen LogP contribution in [0.2, 0.25) is 0 Å². The summed E-state index contributed by atoms with van der Waals surface area (Å²) in [6, 6.07) is 4.28. The van der Waals surface area contributed by atoms with Crippen LogP contribution in [0.25, 0.3) is 0 Å². The quantitative estimate of drug-likeness (QED) is 0.770. The van der Waals surface area contributed by atoms with Crippen molar-refractivity contribution in [1.82, 2.24) is 15.0 Å². The highest BCUT2D eigenvalue weighted by molar-refractivity contribution is 7.11. The molecule has 0 N–H and O–H groups in total. The van der Waals surface area contributed by atoms with Gasteiger partial charge >= 0.3 is 5.97 Å². The summed E-state index contributed by atoms with van der Waals surface area (Å²) in [5.74, 6) is 0.0519. The molecule has 21 heavy (non-hydrogen) atoms. The van der Waals surface area contributed by atoms with Crippen LogP contribution in [0.5, 0.6) is 0 Å². The van der Waals surface area contributed by atoms with E-state index in [1.165, 1.54) is 9.75 Å². The van der Waals surface area contributed by atoms with Crippen LogP contribution in [0.3, 0.4) is 0 Å². The number of carbonyl (C=O) groups excluding carboxylic acids is 1. The Kier molecular flexibility index (Phi) is 4.05. The fraction of sp³-hybridized carbons (Fsp3) is 0.533. The standard InChI is InChI=1S/C15H19N3O2S/c1-3-11-7-8-12(21-11)9-18-14(10-5-6-10)13(16-17-18)15(19)20-4-2/h7-8,10H,3-6,9H2,1-2H3. The Bertz CT molecular complexity index is 643. The SMILES string of the molecule is CCOC(=O)c1nnn(Cc2ccc(CC)s2)c1C1CC1. The Hall–Kier alpha value is -1.69. The fourth-order valence-electron chi connectivity index (χ4n) is 2.39. The highest BCUT2D eigenvalue weighted by atomic mass is 32.1. The van der Waals surface area contributed by atoms with Gasteiger partial charge in [-0.15, -0.1) is 16.4 Å². The average molecular weight is 305 g/mol. The fourth-order valence-corrected chi connectivity index (χ4v) is 3.33. The largest absolute Gasteiger partial charge is 0.461 e. The summed E-state index contributed by atoms with van der Waals surface area (Å²) in [6.45, 7) is 5.00. The van der Waals surface area contributed by atoms with Crippen LogP contribution in [0.1, 0.15) is 58.5 Å². The molecular weight excluding hydrogens is 286 g/mol. The first-order chi connectivity index (χ1) is 10.2. The summed E-state index contributed by atoms with van der Waals surface area (Å²) in [6.07, 6.45) is 3.25. The predicted molar refractivity (Wildman–Crippen MR) is 80.8 cm³/mol. The number of nitrogens with zero attached hydrogens (tertiary/aromatic N) is 3. The third-order valence-corrected chi connectivity index (χ3v) is 4.79. The summed E-state index contributed by atoms with van der Waals surface area (Å²) in [5.41, 5.74) is 1.34. The van der Waals surface area contributed by atoms with Gasteiger partial charge in [0.15, 0.2) is 5.69 Å². The van der Waals surface area contributed by atoms with Gasteiger partial charge in [0, 0.05) is 15.7 Å². The van der Waals surface area contributed by atoms with E-state index in [1.54, 1.807) is 18.3 Å². The molecule has 0 bridgehead atoms. The van der Waals surface area contributed by atoms with E-state index in [2.05, 4.69) is 29.4 Å². The first-order valence-corrected chi connectivity index (χ1v) is 8.22. The van der Waals surface area contributed by atoms with Crippen molar-refractivity contribution >= 4 is 17.3 Å². The second-order valence-corrected chi connectivity index (χ2v) is 6.45. The van der Waals surface area contributed by atoms with Crippen molar-refractivity contribution in [2.24, 2.45) is 0 Å². The van der Waals surface area contributed by atoms with E-state index in [9.17, 15) is 4.79 Å². The molecule has 0 radical (unpaired) electrons. The van der Waals surface area contributed by atoms with Gasteiger partial charge in [-0.05, 0) is 38.3 Å². The van der Waals surface area contributed by atoms with Crippen molar-refractivity contribution in [3.63, 3.8) is 0 Å². The van der Waals surface area contributed by atoms with Gasteiger partial charge in [0.1, 0.15) is 0 Å². The van der Waals surface area contributed by atoms with Crippen LogP contribution in [0.4, 0.5) is 0 Å². The van der Waals surface area contributed by atoms with E-state index >= 15 is 0 Å². The molecule has 1 aliphatic rings. The molecule has 0 unspecified atom stereocenters. The topological polar surface area (TPSA) is 57.0 Å². The minimum atomic E-state index is -0.355. The summed E-state index contributed by atoms with van der Waals surface area (Å²) in [7, 11) is 0. The number of thiophene rings is 1. The molecular formula is C15H19N3O2S. The minimum Gasteiger partial charge on any atom is -0.461 e. The molecule has 3 rings (SSSR count). The van der Waals surface area contributed by atoms with Crippen molar-refractivity contribution in [1.29, 1.82) is 0 Å². The van der Waals surface area contributed by atoms with E-state index in [0.717, 1.165) is 25.0 Å². The van der Waals surface area contributed by atoms with E-state index in [-0.39, 0.29) is 5.97 Å². The molecule has 0 saturated heterocycles. The Labute approximate surface area is 127 Å². The molecule has 1 aliphatic carbocycles. The average Bonchev–Trinajstić information content (AvgIpc) is 3.07. The van der Waals surface area contributed by atoms with Crippen LogP contribution in [0.15, 0.2) is 12.1 Å². The summed E-state index contributed by atoms with van der Waals surface area (Å²) in [5, 5.41) is 8.25. The van der Waals surface area contributed by atoms with E-state index in [0.29, 0.717) is 24.8 Å². The van der Waals surface area contributed by atoms with Gasteiger partial charge in [-0.1, -0.05) is 12.1 Å². The number of aromatic nitrogens is 3. The lowest BCUT2D eigenvalue weighted by molar-refractivity contribution is 0.0518. The third-order valence-electron chi connectivity index (χ3n) is 3.58. The van der Waals surface area contributed by atoms with E-state index in [1.807, 2.05) is 4.68 Å². The van der Waals surface area contributed by atoms with Crippen LogP contribution in [-0.4, -0.2) is 27.6 Å². The number of hydrogen-bond donors (Lipinski definition) is 0. The lowest BCUT2D eigenvalue weighted by Gasteiger charge is -2.05. The van der Waals surface area contributed by atoms with Gasteiger partial charge in [-0.25, -0.2) is 9.48 Å². The lowest BCUT2D eigenvalue weighted by Crippen LogP contribution is -2.10. The molecule has 0 amide bonds. The molecule has 2 aromatic rings. The van der Waals surface area contributed by atoms with Crippen molar-refractivity contribution < 1.29 is 9.53 Å². The Morgan fingerprint density at radius 3 is 2.76 bits per heavy atom. The highest BCUT2D eigenvalue weighted by Gasteiger charge is 2.34. The molecule has 0 aromatic carbocycles. The van der Waals surface area contributed by atoms with Crippen molar-refractivity contribution in [2.75, 3.05) is 6.61 Å². The smallest absolute Gasteiger partial charge is 0.360 e. The first-order valence-electron chi connectivity index (χ1n) is 7.41. The minimum absolute atomic E-state index is 0.355. The van der Waals surface area contributed by atoms with Crippen LogP contribution in [-0.2, 0) is 17.7 Å². The maximum atomic E-state index is 12.0. The Morgan fingerprint density at radius 2 is 2.14 bits per heavy atom. The number of ether oxygens (including phenoxy) is 1. The molecule has 0 atom stereocenters. The third kappa shape index (κ3) is 3.00. The molecule has 112 valence electrons. The number of carbonyl (C=O) groups is 1. The number of hydrogen-bond acceptors (Lipinski definition) is 5. The van der Waals surface area contributed by atoms with Crippen LogP contribution >= 0.6 is 11.3 Å². The monoisotopic (exact) mass is 305 g/mol. The second kappa shape index (κ2) is 5.97. The molecule has 2 heterocycles.